The van der Waals surface area contributed by atoms with Crippen molar-refractivity contribution in [2.45, 2.75) is 76.8 Å². The number of esters is 1. The molecule has 2 aliphatic heterocycles. The van der Waals surface area contributed by atoms with Gasteiger partial charge in [-0.2, -0.15) is 11.8 Å². The number of rotatable bonds is 5. The Morgan fingerprint density at radius 3 is 2.61 bits per heavy atom. The molecule has 2 saturated heterocycles. The fraction of sp³-hybridized carbons (Fsp3) is 0.875. The van der Waals surface area contributed by atoms with E-state index in [9.17, 15) is 9.59 Å². The summed E-state index contributed by atoms with van der Waals surface area (Å²) in [6, 6.07) is -0.456. The number of carbonyl (C=O) groups is 2. The highest BCUT2D eigenvalue weighted by Crippen LogP contribution is 2.39. The summed E-state index contributed by atoms with van der Waals surface area (Å²) in [5.41, 5.74) is 5.56. The highest BCUT2D eigenvalue weighted by molar-refractivity contribution is 8.00. The SMILES string of the molecule is CC.CC.COC(=O)C(N)CCCC1SCC2(C)NC(=O)NC12. The molecule has 4 atom stereocenters. The normalized spacial score (nSPS) is 28.9. The van der Waals surface area contributed by atoms with E-state index in [1.165, 1.54) is 7.11 Å². The van der Waals surface area contributed by atoms with Crippen molar-refractivity contribution in [3.63, 3.8) is 0 Å². The zero-order valence-electron chi connectivity index (χ0n) is 15.3. The van der Waals surface area contributed by atoms with Gasteiger partial charge in [-0.25, -0.2) is 4.79 Å². The Kier molecular flexibility index (Phi) is 10.3. The lowest BCUT2D eigenvalue weighted by atomic mass is 9.92. The Labute approximate surface area is 144 Å². The molecule has 0 radical (unpaired) electrons. The minimum absolute atomic E-state index is 0.0796. The lowest BCUT2D eigenvalue weighted by Crippen LogP contribution is -2.47. The highest BCUT2D eigenvalue weighted by atomic mass is 32.2. The first-order chi connectivity index (χ1) is 11.0. The Hall–Kier alpha value is -0.950. The number of nitrogens with two attached hydrogens (primary N) is 1. The molecule has 0 bridgehead atoms. The van der Waals surface area contributed by atoms with Crippen LogP contribution in [-0.2, 0) is 9.53 Å². The molecule has 23 heavy (non-hydrogen) atoms. The summed E-state index contributed by atoms with van der Waals surface area (Å²) in [5, 5.41) is 6.35. The van der Waals surface area contributed by atoms with Crippen molar-refractivity contribution in [3.05, 3.63) is 0 Å². The van der Waals surface area contributed by atoms with E-state index in [1.807, 2.05) is 39.5 Å². The standard InChI is InChI=1S/C12H21N3O3S.2C2H6/c1-12-6-19-8(9(12)14-11(17)15-12)5-3-4-7(13)10(16)18-2;2*1-2/h7-9H,3-6,13H2,1-2H3,(H2,14,15,17);2*1-2H3. The molecular weight excluding hydrogens is 314 g/mol. The molecule has 0 aromatic rings. The van der Waals surface area contributed by atoms with Gasteiger partial charge in [-0.1, -0.05) is 34.1 Å². The monoisotopic (exact) mass is 347 g/mol. The quantitative estimate of drug-likeness (QED) is 0.524. The summed E-state index contributed by atoms with van der Waals surface area (Å²) in [5.74, 6) is 0.559. The number of amides is 2. The fourth-order valence-corrected chi connectivity index (χ4v) is 4.44. The van der Waals surface area contributed by atoms with Gasteiger partial charge < -0.3 is 21.1 Å². The van der Waals surface area contributed by atoms with E-state index >= 15 is 0 Å². The van der Waals surface area contributed by atoms with Crippen LogP contribution in [0, 0.1) is 0 Å². The van der Waals surface area contributed by atoms with Gasteiger partial charge in [0, 0.05) is 11.0 Å². The number of ether oxygens (including phenoxy) is 1. The van der Waals surface area contributed by atoms with E-state index in [0.717, 1.165) is 18.6 Å². The summed E-state index contributed by atoms with van der Waals surface area (Å²) in [6.07, 6.45) is 2.42. The average molecular weight is 348 g/mol. The molecule has 136 valence electrons. The lowest BCUT2D eigenvalue weighted by Gasteiger charge is -2.24. The van der Waals surface area contributed by atoms with E-state index in [1.54, 1.807) is 0 Å². The molecule has 0 aromatic heterocycles. The number of fused-ring (bicyclic) bond motifs is 1. The van der Waals surface area contributed by atoms with Crippen molar-refractivity contribution in [1.82, 2.24) is 10.6 Å². The van der Waals surface area contributed by atoms with Crippen molar-refractivity contribution in [1.29, 1.82) is 0 Å². The smallest absolute Gasteiger partial charge is 0.322 e. The molecule has 0 spiro atoms. The van der Waals surface area contributed by atoms with Crippen molar-refractivity contribution in [2.75, 3.05) is 12.9 Å². The van der Waals surface area contributed by atoms with Crippen molar-refractivity contribution in [2.24, 2.45) is 5.73 Å². The van der Waals surface area contributed by atoms with E-state index in [4.69, 9.17) is 5.73 Å². The number of nitrogens with one attached hydrogen (secondary N) is 2. The Morgan fingerprint density at radius 2 is 2.04 bits per heavy atom. The molecule has 2 heterocycles. The predicted molar refractivity (Wildman–Crippen MR) is 96.6 cm³/mol. The van der Waals surface area contributed by atoms with Crippen LogP contribution < -0.4 is 16.4 Å². The van der Waals surface area contributed by atoms with Crippen LogP contribution in [0.15, 0.2) is 0 Å². The molecule has 7 heteroatoms. The van der Waals surface area contributed by atoms with Crippen molar-refractivity contribution >= 4 is 23.8 Å². The maximum atomic E-state index is 11.4. The third-order valence-corrected chi connectivity index (χ3v) is 5.55. The lowest BCUT2D eigenvalue weighted by molar-refractivity contribution is -0.142. The minimum atomic E-state index is -0.543. The highest BCUT2D eigenvalue weighted by Gasteiger charge is 2.51. The molecule has 2 fully saturated rings. The predicted octanol–water partition coefficient (Wildman–Crippen LogP) is 2.26. The fourth-order valence-electron chi connectivity index (χ4n) is 2.74. The van der Waals surface area contributed by atoms with Crippen molar-refractivity contribution < 1.29 is 14.3 Å². The molecule has 2 rings (SSSR count). The Bertz CT molecular complexity index is 382. The summed E-state index contributed by atoms with van der Waals surface area (Å²) >= 11 is 1.87. The zero-order chi connectivity index (χ0) is 18.0. The second kappa shape index (κ2) is 10.8. The summed E-state index contributed by atoms with van der Waals surface area (Å²) in [6.45, 7) is 10.1. The van der Waals surface area contributed by atoms with E-state index < -0.39 is 6.04 Å². The number of carbonyl (C=O) groups excluding carboxylic acids is 2. The van der Waals surface area contributed by atoms with Gasteiger partial charge >= 0.3 is 12.0 Å². The van der Waals surface area contributed by atoms with Crippen molar-refractivity contribution in [3.8, 4) is 0 Å². The minimum Gasteiger partial charge on any atom is -0.468 e. The number of urea groups is 1. The molecule has 2 amide bonds. The maximum absolute atomic E-state index is 11.4. The molecule has 0 saturated carbocycles. The van der Waals surface area contributed by atoms with Crippen LogP contribution in [0.2, 0.25) is 0 Å². The van der Waals surface area contributed by atoms with Gasteiger partial charge in [0.05, 0.1) is 18.7 Å². The van der Waals surface area contributed by atoms with E-state index in [0.29, 0.717) is 11.7 Å². The average Bonchev–Trinajstić information content (AvgIpc) is 3.03. The number of thioether (sulfide) groups is 1. The topological polar surface area (TPSA) is 93.4 Å². The van der Waals surface area contributed by atoms with Gasteiger partial charge in [0.1, 0.15) is 6.04 Å². The maximum Gasteiger partial charge on any atom is 0.322 e. The third kappa shape index (κ3) is 5.88. The van der Waals surface area contributed by atoms with Crippen LogP contribution in [0.3, 0.4) is 0 Å². The molecule has 2 aliphatic rings. The summed E-state index contributed by atoms with van der Waals surface area (Å²) in [4.78, 5) is 22.6. The first-order valence-electron chi connectivity index (χ1n) is 8.50. The number of methoxy groups -OCH3 is 1. The number of hydrogen-bond acceptors (Lipinski definition) is 5. The van der Waals surface area contributed by atoms with Crippen LogP contribution >= 0.6 is 11.8 Å². The van der Waals surface area contributed by atoms with Gasteiger partial charge in [0.2, 0.25) is 0 Å². The largest absolute Gasteiger partial charge is 0.468 e. The van der Waals surface area contributed by atoms with E-state index in [2.05, 4.69) is 22.3 Å². The first-order valence-corrected chi connectivity index (χ1v) is 9.55. The molecular formula is C16H33N3O3S. The summed E-state index contributed by atoms with van der Waals surface area (Å²) < 4.78 is 4.60. The van der Waals surface area contributed by atoms with Crippen LogP contribution in [0.4, 0.5) is 4.79 Å². The third-order valence-electron chi connectivity index (χ3n) is 3.85. The van der Waals surface area contributed by atoms with Crippen LogP contribution in [0.1, 0.15) is 53.9 Å². The van der Waals surface area contributed by atoms with E-state index in [-0.39, 0.29) is 23.6 Å². The molecule has 4 unspecified atom stereocenters. The molecule has 4 N–H and O–H groups in total. The molecule has 0 aliphatic carbocycles. The second-order valence-corrected chi connectivity index (χ2v) is 6.63. The van der Waals surface area contributed by atoms with Crippen LogP contribution in [-0.4, -0.2) is 47.7 Å². The van der Waals surface area contributed by atoms with Gasteiger partial charge in [0.25, 0.3) is 0 Å². The van der Waals surface area contributed by atoms with Gasteiger partial charge in [-0.3, -0.25) is 4.79 Å². The van der Waals surface area contributed by atoms with Crippen LogP contribution in [0.5, 0.6) is 0 Å². The first kappa shape index (κ1) is 22.1. The van der Waals surface area contributed by atoms with Gasteiger partial charge in [-0.05, 0) is 19.8 Å². The summed E-state index contributed by atoms with van der Waals surface area (Å²) in [7, 11) is 1.35. The Morgan fingerprint density at radius 1 is 1.43 bits per heavy atom. The van der Waals surface area contributed by atoms with Gasteiger partial charge in [0.15, 0.2) is 0 Å². The van der Waals surface area contributed by atoms with Gasteiger partial charge in [-0.15, -0.1) is 0 Å². The second-order valence-electron chi connectivity index (χ2n) is 5.40. The molecule has 0 aromatic carbocycles. The Balaban J connectivity index is 0.00000112. The molecule has 6 nitrogen and oxygen atoms in total. The van der Waals surface area contributed by atoms with Crippen LogP contribution in [0.25, 0.3) is 0 Å². The number of hydrogen-bond donors (Lipinski definition) is 3. The zero-order valence-corrected chi connectivity index (χ0v) is 16.1.